The first-order valence-electron chi connectivity index (χ1n) is 8.53. The van der Waals surface area contributed by atoms with Crippen LogP contribution in [0.5, 0.6) is 0 Å². The number of piperidine rings is 1. The van der Waals surface area contributed by atoms with E-state index in [1.165, 1.54) is 12.0 Å². The smallest absolute Gasteiger partial charge is 0.159 e. The highest BCUT2D eigenvalue weighted by Crippen LogP contribution is 2.36. The summed E-state index contributed by atoms with van der Waals surface area (Å²) in [6, 6.07) is 0.200. The molecule has 0 saturated carbocycles. The van der Waals surface area contributed by atoms with Gasteiger partial charge in [-0.3, -0.25) is 4.79 Å². The molecule has 6 heteroatoms. The lowest BCUT2D eigenvalue weighted by Crippen LogP contribution is -2.62. The number of nitrogens with one attached hydrogen (secondary N) is 1. The lowest BCUT2D eigenvalue weighted by molar-refractivity contribution is -0.246. The van der Waals surface area contributed by atoms with E-state index in [0.29, 0.717) is 25.8 Å². The van der Waals surface area contributed by atoms with Crippen molar-refractivity contribution < 1.29 is 20.2 Å². The SMILES string of the molecule is CC(O)(O)CCCCC(=O)CNC1CC(C)(C)N(O)C(C)(C)C1. The van der Waals surface area contributed by atoms with Gasteiger partial charge in [-0.25, -0.2) is 0 Å². The van der Waals surface area contributed by atoms with Crippen LogP contribution in [-0.2, 0) is 4.79 Å². The van der Waals surface area contributed by atoms with Gasteiger partial charge in [-0.15, -0.1) is 0 Å². The molecule has 1 heterocycles. The van der Waals surface area contributed by atoms with Crippen molar-refractivity contribution in [2.45, 2.75) is 96.1 Å². The van der Waals surface area contributed by atoms with Crippen molar-refractivity contribution in [1.29, 1.82) is 0 Å². The number of rotatable bonds is 8. The Morgan fingerprint density at radius 3 is 2.17 bits per heavy atom. The van der Waals surface area contributed by atoms with Gasteiger partial charge in [-0.05, 0) is 60.3 Å². The van der Waals surface area contributed by atoms with Gasteiger partial charge in [0.15, 0.2) is 5.79 Å². The van der Waals surface area contributed by atoms with E-state index in [0.717, 1.165) is 12.8 Å². The normalized spacial score (nSPS) is 22.3. The summed E-state index contributed by atoms with van der Waals surface area (Å²) in [6.07, 6.45) is 3.60. The predicted octanol–water partition coefficient (Wildman–Crippen LogP) is 1.82. The number of hydrogen-bond donors (Lipinski definition) is 4. The molecule has 1 aliphatic rings. The molecule has 0 aromatic rings. The second-order valence-electron chi connectivity index (χ2n) is 8.39. The van der Waals surface area contributed by atoms with Crippen molar-refractivity contribution in [2.75, 3.05) is 6.54 Å². The molecule has 0 aromatic carbocycles. The maximum Gasteiger partial charge on any atom is 0.159 e. The molecule has 1 fully saturated rings. The molecule has 1 aliphatic heterocycles. The second-order valence-corrected chi connectivity index (χ2v) is 8.39. The summed E-state index contributed by atoms with van der Waals surface area (Å²) < 4.78 is 0. The molecule has 0 atom stereocenters. The molecule has 136 valence electrons. The van der Waals surface area contributed by atoms with E-state index in [-0.39, 0.29) is 29.3 Å². The topological polar surface area (TPSA) is 93.0 Å². The summed E-state index contributed by atoms with van der Waals surface area (Å²) >= 11 is 0. The Hall–Kier alpha value is -0.530. The highest BCUT2D eigenvalue weighted by Gasteiger charge is 2.44. The van der Waals surface area contributed by atoms with E-state index in [4.69, 9.17) is 0 Å². The zero-order chi connectivity index (χ0) is 17.9. The highest BCUT2D eigenvalue weighted by atomic mass is 16.5. The van der Waals surface area contributed by atoms with E-state index in [1.807, 2.05) is 27.7 Å². The van der Waals surface area contributed by atoms with Crippen LogP contribution in [-0.4, -0.2) is 55.7 Å². The van der Waals surface area contributed by atoms with Crippen molar-refractivity contribution in [3.8, 4) is 0 Å². The Morgan fingerprint density at radius 2 is 1.70 bits per heavy atom. The summed E-state index contributed by atoms with van der Waals surface area (Å²) in [5, 5.41) is 33.4. The average Bonchev–Trinajstić information content (AvgIpc) is 2.37. The third kappa shape index (κ3) is 6.85. The van der Waals surface area contributed by atoms with Gasteiger partial charge in [0, 0.05) is 30.0 Å². The summed E-state index contributed by atoms with van der Waals surface area (Å²) in [7, 11) is 0. The molecular weight excluding hydrogens is 296 g/mol. The van der Waals surface area contributed by atoms with Crippen molar-refractivity contribution >= 4 is 5.78 Å². The number of aliphatic hydroxyl groups is 2. The zero-order valence-electron chi connectivity index (χ0n) is 15.2. The minimum Gasteiger partial charge on any atom is -0.366 e. The van der Waals surface area contributed by atoms with Crippen LogP contribution in [0.2, 0.25) is 0 Å². The second kappa shape index (κ2) is 7.57. The average molecular weight is 330 g/mol. The molecule has 0 spiro atoms. The summed E-state index contributed by atoms with van der Waals surface area (Å²) in [6.45, 7) is 9.71. The Bertz CT molecular complexity index is 384. The van der Waals surface area contributed by atoms with Crippen LogP contribution >= 0.6 is 0 Å². The van der Waals surface area contributed by atoms with E-state index in [1.54, 1.807) is 0 Å². The molecule has 0 radical (unpaired) electrons. The number of unbranched alkanes of at least 4 members (excludes halogenated alkanes) is 1. The van der Waals surface area contributed by atoms with Gasteiger partial charge in [-0.2, -0.15) is 5.06 Å². The first kappa shape index (κ1) is 20.5. The fourth-order valence-corrected chi connectivity index (χ4v) is 3.54. The van der Waals surface area contributed by atoms with Gasteiger partial charge in [0.25, 0.3) is 0 Å². The van der Waals surface area contributed by atoms with Crippen molar-refractivity contribution in [1.82, 2.24) is 10.4 Å². The summed E-state index contributed by atoms with van der Waals surface area (Å²) in [4.78, 5) is 11.9. The zero-order valence-corrected chi connectivity index (χ0v) is 15.2. The Balaban J connectivity index is 2.33. The molecule has 0 aliphatic carbocycles. The Morgan fingerprint density at radius 1 is 1.17 bits per heavy atom. The lowest BCUT2D eigenvalue weighted by atomic mass is 9.79. The molecule has 0 bridgehead atoms. The van der Waals surface area contributed by atoms with Gasteiger partial charge in [0.05, 0.1) is 6.54 Å². The summed E-state index contributed by atoms with van der Waals surface area (Å²) in [5.41, 5.74) is -0.648. The van der Waals surface area contributed by atoms with Gasteiger partial charge in [0.1, 0.15) is 5.78 Å². The van der Waals surface area contributed by atoms with Crippen molar-refractivity contribution in [3.05, 3.63) is 0 Å². The van der Waals surface area contributed by atoms with Gasteiger partial charge in [0.2, 0.25) is 0 Å². The highest BCUT2D eigenvalue weighted by molar-refractivity contribution is 5.80. The molecule has 6 nitrogen and oxygen atoms in total. The molecule has 0 unspecified atom stereocenters. The van der Waals surface area contributed by atoms with E-state index in [2.05, 4.69) is 5.32 Å². The fourth-order valence-electron chi connectivity index (χ4n) is 3.54. The van der Waals surface area contributed by atoms with Crippen LogP contribution in [0.4, 0.5) is 0 Å². The lowest BCUT2D eigenvalue weighted by Gasteiger charge is -2.51. The minimum absolute atomic E-state index is 0.143. The monoisotopic (exact) mass is 330 g/mol. The molecule has 1 saturated heterocycles. The van der Waals surface area contributed by atoms with E-state index >= 15 is 0 Å². The number of hydrogen-bond acceptors (Lipinski definition) is 6. The van der Waals surface area contributed by atoms with E-state index < -0.39 is 5.79 Å². The first-order valence-corrected chi connectivity index (χ1v) is 8.53. The quantitative estimate of drug-likeness (QED) is 0.401. The van der Waals surface area contributed by atoms with Crippen LogP contribution in [0.1, 0.15) is 73.1 Å². The maximum absolute atomic E-state index is 11.9. The van der Waals surface area contributed by atoms with Crippen LogP contribution < -0.4 is 5.32 Å². The predicted molar refractivity (Wildman–Crippen MR) is 89.1 cm³/mol. The molecule has 4 N–H and O–H groups in total. The third-order valence-electron chi connectivity index (χ3n) is 4.58. The standard InChI is InChI=1S/C17H34N2O4/c1-15(2)10-13(11-16(3,4)19(15)23)18-12-14(20)8-6-7-9-17(5,21)22/h13,18,21-23H,6-12H2,1-5H3. The third-order valence-corrected chi connectivity index (χ3v) is 4.58. The molecule has 1 rings (SSSR count). The number of carbonyl (C=O) groups is 1. The fraction of sp³-hybridized carbons (Fsp3) is 0.941. The number of hydroxylamine groups is 2. The molecular formula is C17H34N2O4. The number of ketones is 1. The van der Waals surface area contributed by atoms with Crippen molar-refractivity contribution in [2.24, 2.45) is 0 Å². The van der Waals surface area contributed by atoms with Gasteiger partial charge >= 0.3 is 0 Å². The summed E-state index contributed by atoms with van der Waals surface area (Å²) in [5.74, 6) is -1.50. The Labute approximate surface area is 139 Å². The van der Waals surface area contributed by atoms with Crippen LogP contribution in [0, 0.1) is 0 Å². The minimum atomic E-state index is -1.64. The molecule has 0 aromatic heterocycles. The maximum atomic E-state index is 11.9. The van der Waals surface area contributed by atoms with Crippen LogP contribution in [0.3, 0.4) is 0 Å². The number of carbonyl (C=O) groups excluding carboxylic acids is 1. The molecule has 0 amide bonds. The number of nitrogens with zero attached hydrogens (tertiary/aromatic N) is 1. The van der Waals surface area contributed by atoms with Crippen LogP contribution in [0.15, 0.2) is 0 Å². The van der Waals surface area contributed by atoms with Crippen molar-refractivity contribution in [3.63, 3.8) is 0 Å². The largest absolute Gasteiger partial charge is 0.366 e. The first-order chi connectivity index (χ1) is 10.3. The van der Waals surface area contributed by atoms with Gasteiger partial charge < -0.3 is 20.7 Å². The Kier molecular flexibility index (Phi) is 6.75. The molecule has 23 heavy (non-hydrogen) atoms. The van der Waals surface area contributed by atoms with Crippen LogP contribution in [0.25, 0.3) is 0 Å². The van der Waals surface area contributed by atoms with Gasteiger partial charge in [-0.1, -0.05) is 0 Å². The van der Waals surface area contributed by atoms with E-state index in [9.17, 15) is 20.2 Å². The number of Topliss-reactive ketones (excluding diaryl/α,β-unsaturated/α-hetero) is 1.